The number of nitrogens with one attached hydrogen (secondary N) is 1. The second-order valence-corrected chi connectivity index (χ2v) is 10.9. The summed E-state index contributed by atoms with van der Waals surface area (Å²) in [6.07, 6.45) is 4.75. The Kier molecular flexibility index (Phi) is 7.20. The number of hydrogen-bond donors (Lipinski definition) is 1. The molecule has 0 atom stereocenters. The predicted molar refractivity (Wildman–Crippen MR) is 124 cm³/mol. The van der Waals surface area contributed by atoms with Crippen LogP contribution in [0.1, 0.15) is 43.2 Å². The number of carbonyl (C=O) groups excluding carboxylic acids is 1. The molecule has 172 valence electrons. The molecule has 32 heavy (non-hydrogen) atoms. The zero-order valence-electron chi connectivity index (χ0n) is 18.1. The van der Waals surface area contributed by atoms with Crippen molar-refractivity contribution in [3.63, 3.8) is 0 Å². The number of amides is 1. The summed E-state index contributed by atoms with van der Waals surface area (Å²) in [5.41, 5.74) is 1.26. The maximum absolute atomic E-state index is 13.4. The Labute approximate surface area is 195 Å². The highest BCUT2D eigenvalue weighted by atomic mass is 35.5. The Morgan fingerprint density at radius 1 is 1.03 bits per heavy atom. The van der Waals surface area contributed by atoms with Crippen LogP contribution in [0.4, 0.5) is 0 Å². The van der Waals surface area contributed by atoms with Gasteiger partial charge in [0.25, 0.3) is 0 Å². The second-order valence-electron chi connectivity index (χ2n) is 8.50. The molecule has 1 saturated carbocycles. The van der Waals surface area contributed by atoms with E-state index in [-0.39, 0.29) is 10.8 Å². The van der Waals surface area contributed by atoms with Gasteiger partial charge in [0.15, 0.2) is 0 Å². The van der Waals surface area contributed by atoms with Crippen LogP contribution in [0.25, 0.3) is 0 Å². The van der Waals surface area contributed by atoms with Gasteiger partial charge in [0.05, 0.1) is 23.5 Å². The topological polar surface area (TPSA) is 75.7 Å². The normalized spacial score (nSPS) is 19.4. The van der Waals surface area contributed by atoms with Crippen molar-refractivity contribution in [2.24, 2.45) is 0 Å². The molecule has 8 heteroatoms. The van der Waals surface area contributed by atoms with E-state index in [1.165, 1.54) is 4.31 Å². The first kappa shape index (κ1) is 23.2. The average Bonchev–Trinajstić information content (AvgIpc) is 2.84. The van der Waals surface area contributed by atoms with Crippen LogP contribution in [-0.4, -0.2) is 44.9 Å². The molecule has 1 N–H and O–H groups in total. The van der Waals surface area contributed by atoms with Crippen LogP contribution >= 0.6 is 11.6 Å². The fourth-order valence-corrected chi connectivity index (χ4v) is 6.25. The minimum Gasteiger partial charge on any atom is -0.379 e. The number of hydrogen-bond acceptors (Lipinski definition) is 4. The molecule has 1 heterocycles. The van der Waals surface area contributed by atoms with E-state index in [1.54, 1.807) is 24.3 Å². The van der Waals surface area contributed by atoms with Crippen LogP contribution in [0.3, 0.4) is 0 Å². The van der Waals surface area contributed by atoms with Crippen LogP contribution in [0.2, 0.25) is 5.02 Å². The standard InChI is InChI=1S/C24H29ClN2O4S/c25-21-6-4-5-20(17-21)24(11-2-1-3-12-24)23(28)26-18-19-7-9-22(10-8-19)32(29,30)27-13-15-31-16-14-27/h4-10,17H,1-3,11-16,18H2,(H,26,28). The van der Waals surface area contributed by atoms with E-state index in [4.69, 9.17) is 16.3 Å². The molecule has 1 amide bonds. The number of carbonyl (C=O) groups is 1. The summed E-state index contributed by atoms with van der Waals surface area (Å²) in [5.74, 6) is 0.00415. The van der Waals surface area contributed by atoms with Gasteiger partial charge in [0, 0.05) is 24.7 Å². The molecule has 0 aromatic heterocycles. The summed E-state index contributed by atoms with van der Waals surface area (Å²) < 4.78 is 32.3. The smallest absolute Gasteiger partial charge is 0.243 e. The monoisotopic (exact) mass is 476 g/mol. The zero-order valence-corrected chi connectivity index (χ0v) is 19.6. The number of nitrogens with zero attached hydrogens (tertiary/aromatic N) is 1. The Bertz CT molecular complexity index is 1040. The van der Waals surface area contributed by atoms with E-state index in [1.807, 2.05) is 24.3 Å². The van der Waals surface area contributed by atoms with Gasteiger partial charge in [-0.3, -0.25) is 4.79 Å². The molecule has 2 aromatic carbocycles. The molecule has 0 radical (unpaired) electrons. The summed E-state index contributed by atoms with van der Waals surface area (Å²) in [7, 11) is -3.52. The molecule has 0 spiro atoms. The van der Waals surface area contributed by atoms with Crippen LogP contribution in [-0.2, 0) is 31.5 Å². The lowest BCUT2D eigenvalue weighted by Crippen LogP contribution is -2.45. The van der Waals surface area contributed by atoms with E-state index in [0.717, 1.165) is 43.2 Å². The fourth-order valence-electron chi connectivity index (χ4n) is 4.66. The van der Waals surface area contributed by atoms with Crippen molar-refractivity contribution in [3.8, 4) is 0 Å². The van der Waals surface area contributed by atoms with Gasteiger partial charge in [0.1, 0.15) is 0 Å². The van der Waals surface area contributed by atoms with Crippen molar-refractivity contribution in [1.82, 2.24) is 9.62 Å². The molecule has 2 aromatic rings. The largest absolute Gasteiger partial charge is 0.379 e. The van der Waals surface area contributed by atoms with Gasteiger partial charge in [-0.2, -0.15) is 4.31 Å². The lowest BCUT2D eigenvalue weighted by atomic mass is 9.68. The summed E-state index contributed by atoms with van der Waals surface area (Å²) >= 11 is 6.22. The van der Waals surface area contributed by atoms with Gasteiger partial charge in [-0.05, 0) is 48.2 Å². The molecule has 1 saturated heterocycles. The van der Waals surface area contributed by atoms with Crippen LogP contribution in [0.5, 0.6) is 0 Å². The molecular weight excluding hydrogens is 448 g/mol. The maximum atomic E-state index is 13.4. The lowest BCUT2D eigenvalue weighted by molar-refractivity contribution is -0.128. The van der Waals surface area contributed by atoms with Gasteiger partial charge in [-0.25, -0.2) is 8.42 Å². The van der Waals surface area contributed by atoms with Gasteiger partial charge in [-0.15, -0.1) is 0 Å². The quantitative estimate of drug-likeness (QED) is 0.686. The first-order valence-corrected chi connectivity index (χ1v) is 12.9. The number of ether oxygens (including phenoxy) is 1. The van der Waals surface area contributed by atoms with E-state index in [9.17, 15) is 13.2 Å². The summed E-state index contributed by atoms with van der Waals surface area (Å²) in [4.78, 5) is 13.6. The molecule has 1 aliphatic heterocycles. The minimum atomic E-state index is -3.52. The van der Waals surface area contributed by atoms with Crippen LogP contribution < -0.4 is 5.32 Å². The molecule has 4 rings (SSSR count). The highest BCUT2D eigenvalue weighted by molar-refractivity contribution is 7.89. The van der Waals surface area contributed by atoms with E-state index in [2.05, 4.69) is 5.32 Å². The highest BCUT2D eigenvalue weighted by Crippen LogP contribution is 2.40. The molecule has 6 nitrogen and oxygen atoms in total. The summed E-state index contributed by atoms with van der Waals surface area (Å²) in [6, 6.07) is 14.4. The molecule has 0 bridgehead atoms. The van der Waals surface area contributed by atoms with Gasteiger partial charge < -0.3 is 10.1 Å². The molecular formula is C24H29ClN2O4S. The molecule has 1 aliphatic carbocycles. The van der Waals surface area contributed by atoms with Crippen molar-refractivity contribution in [1.29, 1.82) is 0 Å². The Morgan fingerprint density at radius 3 is 2.38 bits per heavy atom. The van der Waals surface area contributed by atoms with E-state index >= 15 is 0 Å². The number of morpholine rings is 1. The Hall–Kier alpha value is -1.93. The average molecular weight is 477 g/mol. The number of sulfonamides is 1. The van der Waals surface area contributed by atoms with Crippen molar-refractivity contribution in [2.45, 2.75) is 49.0 Å². The van der Waals surface area contributed by atoms with Crippen molar-refractivity contribution in [2.75, 3.05) is 26.3 Å². The predicted octanol–water partition coefficient (Wildman–Crippen LogP) is 3.88. The lowest BCUT2D eigenvalue weighted by Gasteiger charge is -2.36. The Morgan fingerprint density at radius 2 is 1.72 bits per heavy atom. The number of halogens is 1. The minimum absolute atomic E-state index is 0.00415. The van der Waals surface area contributed by atoms with Gasteiger partial charge in [-0.1, -0.05) is 55.1 Å². The third-order valence-electron chi connectivity index (χ3n) is 6.50. The highest BCUT2D eigenvalue weighted by Gasteiger charge is 2.41. The first-order valence-electron chi connectivity index (χ1n) is 11.1. The molecule has 2 fully saturated rings. The first-order chi connectivity index (χ1) is 15.4. The van der Waals surface area contributed by atoms with Gasteiger partial charge in [0.2, 0.25) is 15.9 Å². The molecule has 2 aliphatic rings. The summed E-state index contributed by atoms with van der Waals surface area (Å²) in [6.45, 7) is 1.91. The van der Waals surface area contributed by atoms with E-state index < -0.39 is 15.4 Å². The van der Waals surface area contributed by atoms with E-state index in [0.29, 0.717) is 37.9 Å². The Balaban J connectivity index is 1.46. The number of benzene rings is 2. The van der Waals surface area contributed by atoms with Crippen molar-refractivity contribution < 1.29 is 17.9 Å². The zero-order chi connectivity index (χ0) is 22.6. The number of rotatable bonds is 6. The van der Waals surface area contributed by atoms with Crippen LogP contribution in [0, 0.1) is 0 Å². The molecule has 0 unspecified atom stereocenters. The van der Waals surface area contributed by atoms with Crippen molar-refractivity contribution >= 4 is 27.5 Å². The SMILES string of the molecule is O=C(NCc1ccc(S(=O)(=O)N2CCOCC2)cc1)C1(c2cccc(Cl)c2)CCCCC1. The van der Waals surface area contributed by atoms with Crippen molar-refractivity contribution in [3.05, 3.63) is 64.7 Å². The third kappa shape index (κ3) is 4.86. The summed E-state index contributed by atoms with van der Waals surface area (Å²) in [5, 5.41) is 3.73. The van der Waals surface area contributed by atoms with Gasteiger partial charge >= 0.3 is 0 Å². The second kappa shape index (κ2) is 9.91. The van der Waals surface area contributed by atoms with Crippen LogP contribution in [0.15, 0.2) is 53.4 Å². The fraction of sp³-hybridized carbons (Fsp3) is 0.458. The maximum Gasteiger partial charge on any atom is 0.243 e. The third-order valence-corrected chi connectivity index (χ3v) is 8.65.